The highest BCUT2D eigenvalue weighted by molar-refractivity contribution is 5.90. The molecule has 0 unspecified atom stereocenters. The average Bonchev–Trinajstić information content (AvgIpc) is 3.59. The summed E-state index contributed by atoms with van der Waals surface area (Å²) in [6.07, 6.45) is 7.15. The minimum absolute atomic E-state index is 0.241. The molecule has 0 bridgehead atoms. The van der Waals surface area contributed by atoms with Gasteiger partial charge < -0.3 is 9.64 Å². The Labute approximate surface area is 194 Å². The third kappa shape index (κ3) is 3.04. The Balaban J connectivity index is 1.27. The van der Waals surface area contributed by atoms with E-state index >= 15 is 0 Å². The largest absolute Gasteiger partial charge is 0.494 e. The highest BCUT2D eigenvalue weighted by atomic mass is 16.5. The molecule has 0 aliphatic carbocycles. The molecule has 0 radical (unpaired) electrons. The van der Waals surface area contributed by atoms with Gasteiger partial charge in [-0.3, -0.25) is 9.69 Å². The number of ether oxygens (including phenoxy) is 1. The summed E-state index contributed by atoms with van der Waals surface area (Å²) in [7, 11) is 1.68. The molecule has 3 aromatic rings. The van der Waals surface area contributed by atoms with Crippen molar-refractivity contribution in [2.45, 2.75) is 44.3 Å². The number of rotatable bonds is 5. The maximum absolute atomic E-state index is 13.8. The van der Waals surface area contributed by atoms with Crippen molar-refractivity contribution in [1.82, 2.24) is 19.6 Å². The van der Waals surface area contributed by atoms with Gasteiger partial charge >= 0.3 is 0 Å². The van der Waals surface area contributed by atoms with Crippen LogP contribution in [0, 0.1) is 12.8 Å². The van der Waals surface area contributed by atoms with E-state index in [-0.39, 0.29) is 11.6 Å². The fourth-order valence-electron chi connectivity index (χ4n) is 6.48. The van der Waals surface area contributed by atoms with Crippen molar-refractivity contribution in [3.63, 3.8) is 0 Å². The second-order valence-electron chi connectivity index (χ2n) is 9.67. The number of likely N-dealkylation sites (tertiary alicyclic amines) is 1. The molecule has 1 spiro atoms. The zero-order valence-electron chi connectivity index (χ0n) is 19.3. The first-order valence-electron chi connectivity index (χ1n) is 11.9. The van der Waals surface area contributed by atoms with Crippen LogP contribution in [-0.2, 0) is 11.3 Å². The fourth-order valence-corrected chi connectivity index (χ4v) is 6.48. The van der Waals surface area contributed by atoms with Crippen molar-refractivity contribution in [2.24, 2.45) is 5.92 Å². The molecular formula is C27H30N4O2. The topological polar surface area (TPSA) is 50.6 Å². The number of hydrogen-bond donors (Lipinski definition) is 0. The van der Waals surface area contributed by atoms with E-state index in [1.54, 1.807) is 7.11 Å². The molecule has 3 aliphatic rings. The van der Waals surface area contributed by atoms with E-state index < -0.39 is 0 Å². The summed E-state index contributed by atoms with van der Waals surface area (Å²) in [5, 5.41) is 4.66. The first-order chi connectivity index (χ1) is 16.1. The van der Waals surface area contributed by atoms with Crippen molar-refractivity contribution in [3.05, 3.63) is 77.6 Å². The first kappa shape index (κ1) is 20.5. The van der Waals surface area contributed by atoms with Crippen molar-refractivity contribution < 1.29 is 9.53 Å². The lowest BCUT2D eigenvalue weighted by atomic mass is 9.85. The van der Waals surface area contributed by atoms with Crippen LogP contribution in [0.5, 0.6) is 5.75 Å². The molecule has 0 N–H and O–H groups in total. The molecule has 2 aromatic carbocycles. The summed E-state index contributed by atoms with van der Waals surface area (Å²) in [4.78, 5) is 18.5. The molecule has 6 nitrogen and oxygen atoms in total. The molecule has 1 aromatic heterocycles. The van der Waals surface area contributed by atoms with Crippen molar-refractivity contribution in [2.75, 3.05) is 20.2 Å². The summed E-state index contributed by atoms with van der Waals surface area (Å²) in [6, 6.07) is 16.6. The van der Waals surface area contributed by atoms with Crippen LogP contribution in [-0.4, -0.2) is 51.2 Å². The quantitative estimate of drug-likeness (QED) is 0.596. The molecule has 33 heavy (non-hydrogen) atoms. The van der Waals surface area contributed by atoms with Crippen LogP contribution in [0.2, 0.25) is 0 Å². The standard InChI is InChI=1S/C27H30N4O2/c1-19-8-3-4-9-20(19)16-29-18-22-14-24(30-13-7-12-27(22,30)26(29)32)21-15-28-31(17-21)23-10-5-6-11-25(23)33-2/h3-6,8-11,15,17,22,24H,7,12-14,16,18H2,1-2H3/t22-,24-,27-/m0/s1. The van der Waals surface area contributed by atoms with Gasteiger partial charge in [-0.1, -0.05) is 36.4 Å². The lowest BCUT2D eigenvalue weighted by Crippen LogP contribution is -2.49. The Morgan fingerprint density at radius 1 is 1.15 bits per heavy atom. The molecule has 6 rings (SSSR count). The summed E-state index contributed by atoms with van der Waals surface area (Å²) < 4.78 is 7.43. The number of methoxy groups -OCH3 is 1. The van der Waals surface area contributed by atoms with E-state index in [4.69, 9.17) is 4.74 Å². The highest BCUT2D eigenvalue weighted by Gasteiger charge is 2.65. The van der Waals surface area contributed by atoms with Crippen molar-refractivity contribution >= 4 is 5.91 Å². The monoisotopic (exact) mass is 442 g/mol. The zero-order valence-corrected chi connectivity index (χ0v) is 19.3. The number of hydrogen-bond acceptors (Lipinski definition) is 4. The molecular weight excluding hydrogens is 412 g/mol. The fraction of sp³-hybridized carbons (Fsp3) is 0.407. The van der Waals surface area contributed by atoms with Gasteiger partial charge in [0, 0.05) is 36.8 Å². The Morgan fingerprint density at radius 2 is 1.97 bits per heavy atom. The lowest BCUT2D eigenvalue weighted by Gasteiger charge is -2.33. The Hall–Kier alpha value is -3.12. The molecule has 3 saturated heterocycles. The molecule has 0 saturated carbocycles. The molecule has 3 fully saturated rings. The van der Waals surface area contributed by atoms with E-state index in [1.807, 2.05) is 35.1 Å². The maximum atomic E-state index is 13.8. The Kier molecular flexibility index (Phi) is 4.80. The Bertz CT molecular complexity index is 1200. The van der Waals surface area contributed by atoms with Crippen LogP contribution < -0.4 is 4.74 Å². The number of amides is 1. The smallest absolute Gasteiger partial charge is 0.243 e. The van der Waals surface area contributed by atoms with Crippen molar-refractivity contribution in [1.29, 1.82) is 0 Å². The minimum Gasteiger partial charge on any atom is -0.494 e. The zero-order chi connectivity index (χ0) is 22.6. The van der Waals surface area contributed by atoms with Gasteiger partial charge in [0.25, 0.3) is 0 Å². The Morgan fingerprint density at radius 3 is 2.82 bits per heavy atom. The van der Waals surface area contributed by atoms with Gasteiger partial charge in [0.05, 0.1) is 13.3 Å². The highest BCUT2D eigenvalue weighted by Crippen LogP contribution is 2.56. The third-order valence-corrected chi connectivity index (χ3v) is 8.07. The normalized spacial score (nSPS) is 26.6. The average molecular weight is 443 g/mol. The summed E-state index contributed by atoms with van der Waals surface area (Å²) in [5.74, 6) is 1.50. The summed E-state index contributed by atoms with van der Waals surface area (Å²) >= 11 is 0. The molecule has 3 aliphatic heterocycles. The molecule has 3 atom stereocenters. The number of benzene rings is 2. The molecule has 4 heterocycles. The predicted octanol–water partition coefficient (Wildman–Crippen LogP) is 4.13. The van der Waals surface area contributed by atoms with Crippen LogP contribution in [0.25, 0.3) is 5.69 Å². The van der Waals surface area contributed by atoms with E-state index in [9.17, 15) is 4.79 Å². The van der Waals surface area contributed by atoms with Crippen LogP contribution in [0.3, 0.4) is 0 Å². The third-order valence-electron chi connectivity index (χ3n) is 8.07. The van der Waals surface area contributed by atoms with Gasteiger partial charge in [-0.25, -0.2) is 4.68 Å². The molecule has 1 amide bonds. The predicted molar refractivity (Wildman–Crippen MR) is 126 cm³/mol. The van der Waals surface area contributed by atoms with E-state index in [0.29, 0.717) is 18.4 Å². The minimum atomic E-state index is -0.333. The number of aryl methyl sites for hydroxylation is 1. The van der Waals surface area contributed by atoms with Crippen LogP contribution >= 0.6 is 0 Å². The maximum Gasteiger partial charge on any atom is 0.243 e. The van der Waals surface area contributed by atoms with Crippen molar-refractivity contribution in [3.8, 4) is 11.4 Å². The van der Waals surface area contributed by atoms with Crippen LogP contribution in [0.1, 0.15) is 42.0 Å². The van der Waals surface area contributed by atoms with Gasteiger partial charge in [0.2, 0.25) is 5.91 Å². The van der Waals surface area contributed by atoms with Gasteiger partial charge in [-0.2, -0.15) is 5.10 Å². The van der Waals surface area contributed by atoms with E-state index in [2.05, 4.69) is 52.3 Å². The lowest BCUT2D eigenvalue weighted by molar-refractivity contribution is -0.137. The number of carbonyl (C=O) groups excluding carboxylic acids is 1. The van der Waals surface area contributed by atoms with Crippen LogP contribution in [0.4, 0.5) is 0 Å². The van der Waals surface area contributed by atoms with Gasteiger partial charge in [0.15, 0.2) is 0 Å². The molecule has 6 heteroatoms. The summed E-state index contributed by atoms with van der Waals surface area (Å²) in [5.41, 5.74) is 4.29. The van der Waals surface area contributed by atoms with Gasteiger partial charge in [0.1, 0.15) is 17.0 Å². The number of aromatic nitrogens is 2. The van der Waals surface area contributed by atoms with Gasteiger partial charge in [-0.05, 0) is 56.0 Å². The second-order valence-corrected chi connectivity index (χ2v) is 9.67. The summed E-state index contributed by atoms with van der Waals surface area (Å²) in [6.45, 7) is 4.67. The number of nitrogens with zero attached hydrogens (tertiary/aromatic N) is 4. The molecule has 170 valence electrons. The van der Waals surface area contributed by atoms with Crippen LogP contribution in [0.15, 0.2) is 60.9 Å². The second kappa shape index (κ2) is 7.73. The van der Waals surface area contributed by atoms with E-state index in [0.717, 1.165) is 43.8 Å². The first-order valence-corrected chi connectivity index (χ1v) is 11.9. The van der Waals surface area contributed by atoms with E-state index in [1.165, 1.54) is 16.7 Å². The number of carbonyl (C=O) groups is 1. The van der Waals surface area contributed by atoms with Gasteiger partial charge in [-0.15, -0.1) is 0 Å². The SMILES string of the molecule is COc1ccccc1-n1cc([C@@H]2C[C@H]3CN(Cc4ccccc4C)C(=O)[C@]34CCCN24)cn1. The number of para-hydroxylation sites is 2.